The Balaban J connectivity index is 1.63. The average molecular weight is 405 g/mol. The van der Waals surface area contributed by atoms with Crippen LogP contribution in [0.25, 0.3) is 10.9 Å². The first-order chi connectivity index (χ1) is 13.6. The summed E-state index contributed by atoms with van der Waals surface area (Å²) in [5, 5.41) is 7.63. The van der Waals surface area contributed by atoms with Gasteiger partial charge in [0.15, 0.2) is 0 Å². The number of benzene rings is 2. The maximum atomic E-state index is 12.4. The molecule has 1 unspecified atom stereocenters. The lowest BCUT2D eigenvalue weighted by Gasteiger charge is -2.23. The minimum absolute atomic E-state index is 0.0677. The number of hydrogen-bond acceptors (Lipinski definition) is 5. The normalized spacial score (nSPS) is 17.1. The second-order valence-electron chi connectivity index (χ2n) is 6.69. The van der Waals surface area contributed by atoms with Crippen LogP contribution in [0.5, 0.6) is 5.75 Å². The van der Waals surface area contributed by atoms with Gasteiger partial charge >= 0.3 is 6.61 Å². The number of rotatable bonds is 5. The lowest BCUT2D eigenvalue weighted by atomic mass is 9.91. The van der Waals surface area contributed by atoms with Gasteiger partial charge in [-0.2, -0.15) is 8.78 Å². The number of hydrogen-bond donors (Lipinski definition) is 2. The second-order valence-corrected chi connectivity index (χ2v) is 7.10. The highest BCUT2D eigenvalue weighted by atomic mass is 35.5. The third-order valence-corrected chi connectivity index (χ3v) is 5.13. The summed E-state index contributed by atoms with van der Waals surface area (Å²) in [5.74, 6) is 1.03. The predicted octanol–water partition coefficient (Wildman–Crippen LogP) is 5.10. The van der Waals surface area contributed by atoms with Gasteiger partial charge in [0.25, 0.3) is 0 Å². The van der Waals surface area contributed by atoms with Crippen molar-refractivity contribution in [3.05, 3.63) is 53.3 Å². The van der Waals surface area contributed by atoms with Crippen molar-refractivity contribution in [2.24, 2.45) is 0 Å². The van der Waals surface area contributed by atoms with Crippen LogP contribution in [0, 0.1) is 0 Å². The van der Waals surface area contributed by atoms with Crippen molar-refractivity contribution in [1.29, 1.82) is 0 Å². The summed E-state index contributed by atoms with van der Waals surface area (Å²) >= 11 is 6.05. The Hall–Kier alpha value is -2.51. The molecule has 1 aromatic heterocycles. The van der Waals surface area contributed by atoms with Gasteiger partial charge in [-0.1, -0.05) is 17.7 Å². The molecule has 2 aromatic carbocycles. The van der Waals surface area contributed by atoms with E-state index >= 15 is 0 Å². The van der Waals surface area contributed by atoms with Crippen molar-refractivity contribution in [1.82, 2.24) is 15.3 Å². The molecular formula is C20H19ClF2N4O. The summed E-state index contributed by atoms with van der Waals surface area (Å²) < 4.78 is 29.2. The van der Waals surface area contributed by atoms with Crippen LogP contribution < -0.4 is 15.4 Å². The van der Waals surface area contributed by atoms with Crippen molar-refractivity contribution in [3.63, 3.8) is 0 Å². The van der Waals surface area contributed by atoms with Crippen LogP contribution in [-0.4, -0.2) is 29.7 Å². The number of nitrogens with zero attached hydrogens (tertiary/aromatic N) is 2. The van der Waals surface area contributed by atoms with Gasteiger partial charge in [-0.15, -0.1) is 0 Å². The molecule has 0 saturated carbocycles. The van der Waals surface area contributed by atoms with Crippen LogP contribution in [0.4, 0.5) is 20.3 Å². The predicted molar refractivity (Wildman–Crippen MR) is 106 cm³/mol. The molecule has 28 heavy (non-hydrogen) atoms. The summed E-state index contributed by atoms with van der Waals surface area (Å²) in [4.78, 5) is 8.69. The van der Waals surface area contributed by atoms with E-state index < -0.39 is 6.61 Å². The number of ether oxygens (including phenoxy) is 1. The SMILES string of the molecule is FC(F)Oc1ccc(Nc2ncnc3ccc(C4CCCNC4)cc23)cc1Cl. The fourth-order valence-corrected chi connectivity index (χ4v) is 3.70. The molecule has 1 aliphatic rings. The number of aromatic nitrogens is 2. The molecule has 1 atom stereocenters. The highest BCUT2D eigenvalue weighted by Crippen LogP contribution is 2.32. The number of halogens is 3. The van der Waals surface area contributed by atoms with Crippen LogP contribution >= 0.6 is 11.6 Å². The molecule has 1 aliphatic heterocycles. The van der Waals surface area contributed by atoms with E-state index in [0.29, 0.717) is 17.4 Å². The third kappa shape index (κ3) is 4.15. The van der Waals surface area contributed by atoms with Crippen molar-refractivity contribution < 1.29 is 13.5 Å². The molecule has 0 amide bonds. The smallest absolute Gasteiger partial charge is 0.387 e. The molecular weight excluding hydrogens is 386 g/mol. The highest BCUT2D eigenvalue weighted by Gasteiger charge is 2.17. The molecule has 4 rings (SSSR count). The van der Waals surface area contributed by atoms with Gasteiger partial charge in [0.05, 0.1) is 10.5 Å². The van der Waals surface area contributed by atoms with Gasteiger partial charge in [-0.05, 0) is 61.2 Å². The van der Waals surface area contributed by atoms with Gasteiger partial charge in [-0.3, -0.25) is 0 Å². The van der Waals surface area contributed by atoms with Gasteiger partial charge < -0.3 is 15.4 Å². The summed E-state index contributed by atoms with van der Waals surface area (Å²) in [6, 6.07) is 10.8. The van der Waals surface area contributed by atoms with Crippen molar-refractivity contribution in [2.45, 2.75) is 25.4 Å². The Morgan fingerprint density at radius 1 is 1.18 bits per heavy atom. The first-order valence-corrected chi connectivity index (χ1v) is 9.45. The van der Waals surface area contributed by atoms with Crippen LogP contribution in [0.2, 0.25) is 5.02 Å². The maximum absolute atomic E-state index is 12.4. The first-order valence-electron chi connectivity index (χ1n) is 9.07. The van der Waals surface area contributed by atoms with Gasteiger partial charge in [0.1, 0.15) is 17.9 Å². The summed E-state index contributed by atoms with van der Waals surface area (Å²) in [6.07, 6.45) is 3.79. The van der Waals surface area contributed by atoms with Crippen LogP contribution in [0.3, 0.4) is 0 Å². The van der Waals surface area contributed by atoms with E-state index in [2.05, 4.69) is 37.5 Å². The van der Waals surface area contributed by atoms with Crippen molar-refractivity contribution in [2.75, 3.05) is 18.4 Å². The number of nitrogens with one attached hydrogen (secondary N) is 2. The molecule has 146 valence electrons. The second kappa shape index (κ2) is 8.24. The average Bonchev–Trinajstić information content (AvgIpc) is 2.70. The Bertz CT molecular complexity index is 980. The molecule has 1 saturated heterocycles. The van der Waals surface area contributed by atoms with Gasteiger partial charge in [0.2, 0.25) is 0 Å². The highest BCUT2D eigenvalue weighted by molar-refractivity contribution is 6.32. The lowest BCUT2D eigenvalue weighted by molar-refractivity contribution is -0.0497. The van der Waals surface area contributed by atoms with Gasteiger partial charge in [-0.25, -0.2) is 9.97 Å². The van der Waals surface area contributed by atoms with E-state index in [4.69, 9.17) is 11.6 Å². The third-order valence-electron chi connectivity index (χ3n) is 4.84. The molecule has 2 N–H and O–H groups in total. The summed E-state index contributed by atoms with van der Waals surface area (Å²) in [5.41, 5.74) is 2.70. The monoisotopic (exact) mass is 404 g/mol. The van der Waals surface area contributed by atoms with Crippen LogP contribution in [0.15, 0.2) is 42.7 Å². The fraction of sp³-hybridized carbons (Fsp3) is 0.300. The Morgan fingerprint density at radius 2 is 2.07 bits per heavy atom. The molecule has 0 aliphatic carbocycles. The standard InChI is InChI=1S/C20H19ClF2N4O/c21-16-9-14(4-6-18(16)28-20(22)23)27-19-15-8-12(13-2-1-7-24-10-13)3-5-17(15)25-11-26-19/h3-6,8-9,11,13,20,24H,1-2,7,10H2,(H,25,26,27). The summed E-state index contributed by atoms with van der Waals surface area (Å²) in [7, 11) is 0. The topological polar surface area (TPSA) is 59.1 Å². The molecule has 0 spiro atoms. The Morgan fingerprint density at radius 3 is 2.82 bits per heavy atom. The largest absolute Gasteiger partial charge is 0.433 e. The zero-order chi connectivity index (χ0) is 19.5. The minimum Gasteiger partial charge on any atom is -0.433 e. The van der Waals surface area contributed by atoms with Crippen LogP contribution in [-0.2, 0) is 0 Å². The molecule has 0 radical (unpaired) electrons. The molecule has 1 fully saturated rings. The van der Waals surface area contributed by atoms with Crippen molar-refractivity contribution in [3.8, 4) is 5.75 Å². The Labute approximate surface area is 166 Å². The van der Waals surface area contributed by atoms with Crippen molar-refractivity contribution >= 4 is 34.0 Å². The maximum Gasteiger partial charge on any atom is 0.387 e. The van der Waals surface area contributed by atoms with E-state index in [1.165, 1.54) is 24.0 Å². The molecule has 3 aromatic rings. The lowest BCUT2D eigenvalue weighted by Crippen LogP contribution is -2.28. The van der Waals surface area contributed by atoms with E-state index in [1.807, 2.05) is 6.07 Å². The van der Waals surface area contributed by atoms with E-state index in [1.54, 1.807) is 6.07 Å². The number of anilines is 2. The zero-order valence-corrected chi connectivity index (χ0v) is 15.7. The quantitative estimate of drug-likeness (QED) is 0.620. The summed E-state index contributed by atoms with van der Waals surface area (Å²) in [6.45, 7) is -0.898. The van der Waals surface area contributed by atoms with Gasteiger partial charge in [0, 0.05) is 17.6 Å². The number of piperidine rings is 1. The van der Waals surface area contributed by atoms with E-state index in [-0.39, 0.29) is 10.8 Å². The Kier molecular flexibility index (Phi) is 5.54. The zero-order valence-electron chi connectivity index (χ0n) is 15.0. The molecule has 8 heteroatoms. The fourth-order valence-electron chi connectivity index (χ4n) is 3.47. The first kappa shape index (κ1) is 18.8. The number of fused-ring (bicyclic) bond motifs is 1. The van der Waals surface area contributed by atoms with E-state index in [0.717, 1.165) is 36.8 Å². The minimum atomic E-state index is -2.92. The van der Waals surface area contributed by atoms with E-state index in [9.17, 15) is 8.78 Å². The molecule has 0 bridgehead atoms. The molecule has 2 heterocycles. The molecule has 5 nitrogen and oxygen atoms in total. The van der Waals surface area contributed by atoms with Crippen LogP contribution in [0.1, 0.15) is 24.3 Å². The number of alkyl halides is 2.